The van der Waals surface area contributed by atoms with E-state index in [0.717, 1.165) is 25.7 Å². The van der Waals surface area contributed by atoms with Gasteiger partial charge in [0.15, 0.2) is 9.84 Å². The molecule has 3 nitrogen and oxygen atoms in total. The molecule has 0 saturated heterocycles. The van der Waals surface area contributed by atoms with Gasteiger partial charge in [0.05, 0.1) is 11.0 Å². The van der Waals surface area contributed by atoms with Crippen LogP contribution in [-0.2, 0) is 9.84 Å². The molecule has 3 unspecified atom stereocenters. The van der Waals surface area contributed by atoms with Gasteiger partial charge < -0.3 is 5.32 Å². The summed E-state index contributed by atoms with van der Waals surface area (Å²) in [5, 5.41) is 3.05. The van der Waals surface area contributed by atoms with Crippen molar-refractivity contribution in [2.45, 2.75) is 64.7 Å². The average Bonchev–Trinajstić information content (AvgIpc) is 2.35. The number of hydrogen-bond acceptors (Lipinski definition) is 3. The van der Waals surface area contributed by atoms with E-state index in [1.165, 1.54) is 0 Å². The zero-order valence-corrected chi connectivity index (χ0v) is 14.0. The van der Waals surface area contributed by atoms with Gasteiger partial charge in [-0.3, -0.25) is 0 Å². The van der Waals surface area contributed by atoms with E-state index in [4.69, 9.17) is 0 Å². The smallest absolute Gasteiger partial charge is 0.154 e. The van der Waals surface area contributed by atoms with Crippen molar-refractivity contribution in [3.8, 4) is 0 Å². The topological polar surface area (TPSA) is 46.2 Å². The van der Waals surface area contributed by atoms with Crippen LogP contribution >= 0.6 is 0 Å². The second-order valence-electron chi connectivity index (χ2n) is 6.80. The van der Waals surface area contributed by atoms with Crippen molar-refractivity contribution in [3.05, 3.63) is 0 Å². The molecular formula is C15H31NO2S. The van der Waals surface area contributed by atoms with Crippen LogP contribution in [0.5, 0.6) is 0 Å². The zero-order chi connectivity index (χ0) is 14.6. The number of sulfone groups is 1. The van der Waals surface area contributed by atoms with Crippen LogP contribution in [0.15, 0.2) is 0 Å². The van der Waals surface area contributed by atoms with E-state index < -0.39 is 9.84 Å². The van der Waals surface area contributed by atoms with Gasteiger partial charge in [-0.05, 0) is 50.5 Å². The molecule has 0 aromatic heterocycles. The lowest BCUT2D eigenvalue weighted by Crippen LogP contribution is -2.48. The first-order chi connectivity index (χ1) is 8.77. The Morgan fingerprint density at radius 1 is 1.16 bits per heavy atom. The maximum atomic E-state index is 12.6. The van der Waals surface area contributed by atoms with Crippen molar-refractivity contribution in [3.63, 3.8) is 0 Å². The molecule has 1 aliphatic carbocycles. The quantitative estimate of drug-likeness (QED) is 0.818. The van der Waals surface area contributed by atoms with Crippen LogP contribution in [0.1, 0.15) is 53.4 Å². The highest BCUT2D eigenvalue weighted by molar-refractivity contribution is 7.92. The lowest BCUT2D eigenvalue weighted by molar-refractivity contribution is 0.246. The van der Waals surface area contributed by atoms with Crippen molar-refractivity contribution in [1.82, 2.24) is 5.32 Å². The summed E-state index contributed by atoms with van der Waals surface area (Å²) in [7, 11) is -1.07. The van der Waals surface area contributed by atoms with Crippen LogP contribution in [0.4, 0.5) is 0 Å². The molecule has 0 aromatic rings. The Balaban J connectivity index is 2.79. The first kappa shape index (κ1) is 17.0. The van der Waals surface area contributed by atoms with Crippen molar-refractivity contribution in [2.75, 3.05) is 12.8 Å². The average molecular weight is 289 g/mol. The number of nitrogens with one attached hydrogen (secondary N) is 1. The maximum Gasteiger partial charge on any atom is 0.154 e. The van der Waals surface area contributed by atoms with E-state index in [0.29, 0.717) is 23.5 Å². The van der Waals surface area contributed by atoms with Crippen molar-refractivity contribution in [1.29, 1.82) is 0 Å². The molecule has 19 heavy (non-hydrogen) atoms. The fourth-order valence-electron chi connectivity index (χ4n) is 3.04. The third kappa shape index (κ3) is 4.75. The second-order valence-corrected chi connectivity index (χ2v) is 9.14. The second kappa shape index (κ2) is 7.07. The van der Waals surface area contributed by atoms with Crippen molar-refractivity contribution < 1.29 is 8.42 Å². The summed E-state index contributed by atoms with van der Waals surface area (Å²) in [6.07, 6.45) is 3.76. The van der Waals surface area contributed by atoms with Gasteiger partial charge >= 0.3 is 0 Å². The van der Waals surface area contributed by atoms with E-state index in [2.05, 4.69) is 33.0 Å². The number of rotatable bonds is 6. The van der Waals surface area contributed by atoms with E-state index in [-0.39, 0.29) is 11.3 Å². The highest BCUT2D eigenvalue weighted by Crippen LogP contribution is 2.34. The molecular weight excluding hydrogens is 258 g/mol. The van der Waals surface area contributed by atoms with Gasteiger partial charge in [-0.2, -0.15) is 0 Å². The van der Waals surface area contributed by atoms with E-state index >= 15 is 0 Å². The Labute approximate surface area is 119 Å². The molecule has 114 valence electrons. The fourth-order valence-corrected chi connectivity index (χ4v) is 5.46. The van der Waals surface area contributed by atoms with Crippen LogP contribution in [0.3, 0.4) is 0 Å². The molecule has 0 spiro atoms. The van der Waals surface area contributed by atoms with Gasteiger partial charge in [-0.25, -0.2) is 8.42 Å². The molecule has 1 saturated carbocycles. The molecule has 1 N–H and O–H groups in total. The van der Waals surface area contributed by atoms with E-state index in [1.807, 2.05) is 7.05 Å². The third-order valence-corrected chi connectivity index (χ3v) is 6.84. The molecule has 0 aliphatic heterocycles. The molecule has 1 aliphatic rings. The molecule has 0 aromatic carbocycles. The molecule has 0 amide bonds. The van der Waals surface area contributed by atoms with E-state index in [1.54, 1.807) is 0 Å². The summed E-state index contributed by atoms with van der Waals surface area (Å²) in [6, 6.07) is 0.146. The van der Waals surface area contributed by atoms with Crippen molar-refractivity contribution >= 4 is 9.84 Å². The predicted molar refractivity (Wildman–Crippen MR) is 82.1 cm³/mol. The molecule has 1 rings (SSSR count). The number of hydrogen-bond donors (Lipinski definition) is 1. The minimum absolute atomic E-state index is 0.146. The molecule has 0 heterocycles. The molecule has 0 radical (unpaired) electrons. The largest absolute Gasteiger partial charge is 0.316 e. The van der Waals surface area contributed by atoms with Gasteiger partial charge in [-0.15, -0.1) is 0 Å². The van der Waals surface area contributed by atoms with Crippen LogP contribution in [0.2, 0.25) is 0 Å². The van der Waals surface area contributed by atoms with Crippen LogP contribution in [0, 0.1) is 17.8 Å². The molecule has 0 bridgehead atoms. The zero-order valence-electron chi connectivity index (χ0n) is 13.1. The first-order valence-electron chi connectivity index (χ1n) is 7.66. The standard InChI is InChI=1S/C15H31NO2S/c1-11(2)8-9-19(17,18)15-10-13(12(3)4)6-7-14(15)16-5/h11-16H,6-10H2,1-5H3. The normalized spacial score (nSPS) is 29.1. The van der Waals surface area contributed by atoms with Crippen LogP contribution in [-0.4, -0.2) is 32.5 Å². The minimum atomic E-state index is -2.97. The highest BCUT2D eigenvalue weighted by Gasteiger charge is 2.38. The maximum absolute atomic E-state index is 12.6. The molecule has 1 fully saturated rings. The van der Waals surface area contributed by atoms with Gasteiger partial charge in [0.25, 0.3) is 0 Å². The lowest BCUT2D eigenvalue weighted by atomic mass is 9.79. The Hall–Kier alpha value is -0.0900. The summed E-state index contributed by atoms with van der Waals surface area (Å²) in [5.41, 5.74) is 0. The minimum Gasteiger partial charge on any atom is -0.316 e. The summed E-state index contributed by atoms with van der Waals surface area (Å²) in [5.74, 6) is 1.94. The Kier molecular flexibility index (Phi) is 6.31. The summed E-state index contributed by atoms with van der Waals surface area (Å²) < 4.78 is 25.2. The SMILES string of the molecule is CNC1CCC(C(C)C)CC1S(=O)(=O)CCC(C)C. The predicted octanol–water partition coefficient (Wildman–Crippen LogP) is 2.86. The van der Waals surface area contributed by atoms with Crippen LogP contribution < -0.4 is 5.32 Å². The van der Waals surface area contributed by atoms with Gasteiger partial charge in [0.2, 0.25) is 0 Å². The lowest BCUT2D eigenvalue weighted by Gasteiger charge is -2.37. The monoisotopic (exact) mass is 289 g/mol. The Morgan fingerprint density at radius 2 is 1.79 bits per heavy atom. The summed E-state index contributed by atoms with van der Waals surface area (Å²) in [6.45, 7) is 8.59. The summed E-state index contributed by atoms with van der Waals surface area (Å²) >= 11 is 0. The van der Waals surface area contributed by atoms with Crippen molar-refractivity contribution in [2.24, 2.45) is 17.8 Å². The van der Waals surface area contributed by atoms with Gasteiger partial charge in [0, 0.05) is 6.04 Å². The molecule has 3 atom stereocenters. The Morgan fingerprint density at radius 3 is 2.26 bits per heavy atom. The van der Waals surface area contributed by atoms with Gasteiger partial charge in [0.1, 0.15) is 0 Å². The third-order valence-electron chi connectivity index (χ3n) is 4.59. The Bertz CT molecular complexity index is 362. The van der Waals surface area contributed by atoms with E-state index in [9.17, 15) is 8.42 Å². The van der Waals surface area contributed by atoms with Gasteiger partial charge in [-0.1, -0.05) is 27.7 Å². The molecule has 4 heteroatoms. The fraction of sp³-hybridized carbons (Fsp3) is 1.00. The highest BCUT2D eigenvalue weighted by atomic mass is 32.2. The first-order valence-corrected chi connectivity index (χ1v) is 9.38. The summed E-state index contributed by atoms with van der Waals surface area (Å²) in [4.78, 5) is 0. The van der Waals surface area contributed by atoms with Crippen LogP contribution in [0.25, 0.3) is 0 Å².